The minimum Gasteiger partial charge on any atom is -0.380 e. The van der Waals surface area contributed by atoms with E-state index in [-0.39, 0.29) is 5.92 Å². The lowest BCUT2D eigenvalue weighted by molar-refractivity contribution is 0.0665. The third-order valence-corrected chi connectivity index (χ3v) is 6.40. The quantitative estimate of drug-likeness (QED) is 0.309. The summed E-state index contributed by atoms with van der Waals surface area (Å²) in [5, 5.41) is 14.8. The van der Waals surface area contributed by atoms with Crippen molar-refractivity contribution < 1.29 is 5.11 Å². The fourth-order valence-electron chi connectivity index (χ4n) is 4.77. The Hall–Kier alpha value is -3.68. The van der Waals surface area contributed by atoms with Crippen LogP contribution in [0.1, 0.15) is 34.6 Å². The smallest absolute Gasteiger partial charge is 0.115 e. The molecular weight excluding hydrogens is 388 g/mol. The first-order valence-corrected chi connectivity index (χ1v) is 11.1. The molecule has 1 heteroatoms. The third kappa shape index (κ3) is 3.84. The predicted octanol–water partition coefficient (Wildman–Crippen LogP) is 7.30. The molecular formula is C31H26O. The zero-order valence-electron chi connectivity index (χ0n) is 17.9. The maximum atomic E-state index is 12.3. The molecule has 1 N–H and O–H groups in total. The van der Waals surface area contributed by atoms with Crippen LogP contribution >= 0.6 is 0 Å². The molecule has 0 unspecified atom stereocenters. The van der Waals surface area contributed by atoms with E-state index < -0.39 is 5.60 Å². The summed E-state index contributed by atoms with van der Waals surface area (Å²) < 4.78 is 0. The molecule has 0 aromatic heterocycles. The lowest BCUT2D eigenvalue weighted by atomic mass is 9.74. The molecule has 5 aromatic rings. The van der Waals surface area contributed by atoms with Crippen LogP contribution in [-0.4, -0.2) is 5.11 Å². The highest BCUT2D eigenvalue weighted by Crippen LogP contribution is 2.43. The van der Waals surface area contributed by atoms with Crippen molar-refractivity contribution in [1.82, 2.24) is 0 Å². The number of hydrogen-bond donors (Lipinski definition) is 1. The van der Waals surface area contributed by atoms with E-state index in [0.717, 1.165) is 11.1 Å². The Kier molecular flexibility index (Phi) is 5.58. The number of rotatable bonds is 6. The second kappa shape index (κ2) is 8.82. The van der Waals surface area contributed by atoms with Gasteiger partial charge in [0.05, 0.1) is 0 Å². The highest BCUT2D eigenvalue weighted by Gasteiger charge is 2.35. The van der Waals surface area contributed by atoms with E-state index in [1.807, 2.05) is 66.7 Å². The van der Waals surface area contributed by atoms with Crippen molar-refractivity contribution in [3.63, 3.8) is 0 Å². The van der Waals surface area contributed by atoms with Gasteiger partial charge in [-0.25, -0.2) is 0 Å². The average molecular weight is 415 g/mol. The van der Waals surface area contributed by atoms with E-state index in [2.05, 4.69) is 66.7 Å². The predicted molar refractivity (Wildman–Crippen MR) is 133 cm³/mol. The average Bonchev–Trinajstić information content (AvgIpc) is 2.88. The number of hydrogen-bond acceptors (Lipinski definition) is 1. The SMILES string of the molecule is OC(C[C@@H](c1ccccc1)c1cccc2ccccc12)(c1ccccc1)c1ccccc1. The van der Waals surface area contributed by atoms with Gasteiger partial charge in [-0.05, 0) is 39.4 Å². The standard InChI is InChI=1S/C31H26O/c32-31(26-17-6-2-7-18-26,27-19-8-3-9-20-27)23-30(25-13-4-1-5-14-25)29-22-12-16-24-15-10-11-21-28(24)29/h1-22,30,32H,23H2/t30-/m0/s1. The lowest BCUT2D eigenvalue weighted by Crippen LogP contribution is -2.30. The molecule has 156 valence electrons. The molecule has 0 aliphatic rings. The van der Waals surface area contributed by atoms with Crippen molar-refractivity contribution in [3.8, 4) is 0 Å². The van der Waals surface area contributed by atoms with Gasteiger partial charge in [0.15, 0.2) is 0 Å². The Balaban J connectivity index is 1.71. The second-order valence-electron chi connectivity index (χ2n) is 8.33. The van der Waals surface area contributed by atoms with Gasteiger partial charge in [0, 0.05) is 5.92 Å². The molecule has 0 fully saturated rings. The molecule has 0 aliphatic heterocycles. The van der Waals surface area contributed by atoms with E-state index in [1.165, 1.54) is 21.9 Å². The molecule has 5 aromatic carbocycles. The van der Waals surface area contributed by atoms with Gasteiger partial charge in [-0.1, -0.05) is 133 Å². The van der Waals surface area contributed by atoms with E-state index in [0.29, 0.717) is 6.42 Å². The molecule has 0 amide bonds. The van der Waals surface area contributed by atoms with Crippen LogP contribution in [0.25, 0.3) is 10.8 Å². The molecule has 0 heterocycles. The van der Waals surface area contributed by atoms with Crippen LogP contribution in [0.15, 0.2) is 133 Å². The zero-order chi connectivity index (χ0) is 21.8. The Morgan fingerprint density at radius 3 is 1.66 bits per heavy atom. The summed E-state index contributed by atoms with van der Waals surface area (Å²) in [6.07, 6.45) is 0.541. The van der Waals surface area contributed by atoms with Crippen molar-refractivity contribution in [3.05, 3.63) is 156 Å². The largest absolute Gasteiger partial charge is 0.380 e. The Morgan fingerprint density at radius 2 is 1.03 bits per heavy atom. The minimum absolute atomic E-state index is 0.0210. The van der Waals surface area contributed by atoms with Crippen molar-refractivity contribution in [2.45, 2.75) is 17.9 Å². The van der Waals surface area contributed by atoms with Gasteiger partial charge in [-0.2, -0.15) is 0 Å². The summed E-state index contributed by atoms with van der Waals surface area (Å²) in [5.41, 5.74) is 3.13. The third-order valence-electron chi connectivity index (χ3n) is 6.40. The normalized spacial score (nSPS) is 12.5. The van der Waals surface area contributed by atoms with Crippen molar-refractivity contribution in [2.24, 2.45) is 0 Å². The van der Waals surface area contributed by atoms with E-state index >= 15 is 0 Å². The van der Waals surface area contributed by atoms with E-state index in [9.17, 15) is 5.11 Å². The van der Waals surface area contributed by atoms with Crippen LogP contribution in [0.4, 0.5) is 0 Å². The number of fused-ring (bicyclic) bond motifs is 1. The van der Waals surface area contributed by atoms with Gasteiger partial charge in [-0.15, -0.1) is 0 Å². The second-order valence-corrected chi connectivity index (χ2v) is 8.33. The summed E-state index contributed by atoms with van der Waals surface area (Å²) in [4.78, 5) is 0. The summed E-state index contributed by atoms with van der Waals surface area (Å²) in [6, 6.07) is 45.6. The monoisotopic (exact) mass is 414 g/mol. The van der Waals surface area contributed by atoms with Gasteiger partial charge in [0.1, 0.15) is 5.60 Å². The first kappa shape index (κ1) is 20.2. The molecule has 0 saturated carbocycles. The summed E-state index contributed by atoms with van der Waals surface area (Å²) in [5.74, 6) is 0.0210. The molecule has 5 rings (SSSR count). The molecule has 0 saturated heterocycles. The van der Waals surface area contributed by atoms with Crippen LogP contribution in [0, 0.1) is 0 Å². The van der Waals surface area contributed by atoms with Gasteiger partial charge in [-0.3, -0.25) is 0 Å². The molecule has 32 heavy (non-hydrogen) atoms. The number of benzene rings is 5. The van der Waals surface area contributed by atoms with Crippen molar-refractivity contribution in [1.29, 1.82) is 0 Å². The molecule has 0 radical (unpaired) electrons. The maximum Gasteiger partial charge on any atom is 0.115 e. The molecule has 0 aliphatic carbocycles. The van der Waals surface area contributed by atoms with Crippen LogP contribution in [0.2, 0.25) is 0 Å². The zero-order valence-corrected chi connectivity index (χ0v) is 17.9. The van der Waals surface area contributed by atoms with E-state index in [4.69, 9.17) is 0 Å². The lowest BCUT2D eigenvalue weighted by Gasteiger charge is -2.34. The Bertz CT molecular complexity index is 1250. The number of aliphatic hydroxyl groups is 1. The Labute approximate surface area is 189 Å². The summed E-state index contributed by atoms with van der Waals surface area (Å²) in [7, 11) is 0. The summed E-state index contributed by atoms with van der Waals surface area (Å²) in [6.45, 7) is 0. The van der Waals surface area contributed by atoms with Gasteiger partial charge < -0.3 is 5.11 Å². The van der Waals surface area contributed by atoms with Crippen LogP contribution in [0.5, 0.6) is 0 Å². The van der Waals surface area contributed by atoms with E-state index in [1.54, 1.807) is 0 Å². The minimum atomic E-state index is -1.13. The highest BCUT2D eigenvalue weighted by atomic mass is 16.3. The topological polar surface area (TPSA) is 20.2 Å². The Morgan fingerprint density at radius 1 is 0.531 bits per heavy atom. The molecule has 0 bridgehead atoms. The van der Waals surface area contributed by atoms with Gasteiger partial charge in [0.25, 0.3) is 0 Å². The first-order valence-electron chi connectivity index (χ1n) is 11.1. The fourth-order valence-corrected chi connectivity index (χ4v) is 4.77. The summed E-state index contributed by atoms with van der Waals surface area (Å²) >= 11 is 0. The van der Waals surface area contributed by atoms with Crippen molar-refractivity contribution in [2.75, 3.05) is 0 Å². The van der Waals surface area contributed by atoms with Crippen LogP contribution in [0.3, 0.4) is 0 Å². The molecule has 1 atom stereocenters. The van der Waals surface area contributed by atoms with Gasteiger partial charge >= 0.3 is 0 Å². The molecule has 0 spiro atoms. The maximum absolute atomic E-state index is 12.3. The van der Waals surface area contributed by atoms with Crippen LogP contribution in [-0.2, 0) is 5.60 Å². The van der Waals surface area contributed by atoms with Gasteiger partial charge in [0.2, 0.25) is 0 Å². The first-order chi connectivity index (χ1) is 15.8. The fraction of sp³-hybridized carbons (Fsp3) is 0.0968. The van der Waals surface area contributed by atoms with Crippen LogP contribution < -0.4 is 0 Å². The molecule has 1 nitrogen and oxygen atoms in total. The highest BCUT2D eigenvalue weighted by molar-refractivity contribution is 5.86. The van der Waals surface area contributed by atoms with Crippen molar-refractivity contribution >= 4 is 10.8 Å².